The standard InChI is InChI=1S/C13H12FN3OS3/c1-2-7-15-11(18)8-20-12-16-17(13(19)21-12)10-5-3-9(14)4-6-10/h2-6H,1,7-8H2,(H,15,18). The first-order valence-corrected chi connectivity index (χ1v) is 8.17. The smallest absolute Gasteiger partial charge is 0.230 e. The molecule has 0 spiro atoms. The van der Waals surface area contributed by atoms with Crippen molar-refractivity contribution in [3.05, 3.63) is 46.7 Å². The Labute approximate surface area is 134 Å². The Morgan fingerprint density at radius 1 is 1.52 bits per heavy atom. The van der Waals surface area contributed by atoms with Gasteiger partial charge < -0.3 is 5.32 Å². The predicted octanol–water partition coefficient (Wildman–Crippen LogP) is 3.20. The first-order chi connectivity index (χ1) is 10.1. The van der Waals surface area contributed by atoms with E-state index in [1.165, 1.54) is 35.2 Å². The highest BCUT2D eigenvalue weighted by Crippen LogP contribution is 2.23. The number of hydrogen-bond acceptors (Lipinski definition) is 5. The van der Waals surface area contributed by atoms with Crippen molar-refractivity contribution in [3.8, 4) is 5.69 Å². The molecule has 0 aliphatic rings. The van der Waals surface area contributed by atoms with Crippen molar-refractivity contribution in [1.29, 1.82) is 0 Å². The number of nitrogens with one attached hydrogen (secondary N) is 1. The summed E-state index contributed by atoms with van der Waals surface area (Å²) in [5, 5.41) is 7.02. The second-order valence-corrected chi connectivity index (χ2v) is 6.75. The Morgan fingerprint density at radius 2 is 2.24 bits per heavy atom. The topological polar surface area (TPSA) is 46.9 Å². The number of nitrogens with zero attached hydrogens (tertiary/aromatic N) is 2. The van der Waals surface area contributed by atoms with Gasteiger partial charge in [0, 0.05) is 6.54 Å². The lowest BCUT2D eigenvalue weighted by atomic mass is 10.3. The minimum absolute atomic E-state index is 0.0886. The number of amides is 1. The van der Waals surface area contributed by atoms with E-state index in [2.05, 4.69) is 17.0 Å². The van der Waals surface area contributed by atoms with Crippen molar-refractivity contribution in [2.75, 3.05) is 12.3 Å². The molecule has 21 heavy (non-hydrogen) atoms. The van der Waals surface area contributed by atoms with Crippen LogP contribution in [0.2, 0.25) is 0 Å². The Bertz CT molecular complexity index is 693. The van der Waals surface area contributed by atoms with Gasteiger partial charge in [0.25, 0.3) is 0 Å². The second-order valence-electron chi connectivity index (χ2n) is 3.90. The van der Waals surface area contributed by atoms with Crippen LogP contribution in [0.5, 0.6) is 0 Å². The summed E-state index contributed by atoms with van der Waals surface area (Å²) in [6.45, 7) is 3.97. The van der Waals surface area contributed by atoms with Crippen LogP contribution in [-0.4, -0.2) is 28.0 Å². The third kappa shape index (κ3) is 4.48. The average molecular weight is 341 g/mol. The zero-order valence-electron chi connectivity index (χ0n) is 10.9. The van der Waals surface area contributed by atoms with Crippen LogP contribution >= 0.6 is 35.3 Å². The molecule has 1 heterocycles. The van der Waals surface area contributed by atoms with Gasteiger partial charge in [-0.05, 0) is 36.5 Å². The predicted molar refractivity (Wildman–Crippen MR) is 86.2 cm³/mol. The van der Waals surface area contributed by atoms with Crippen molar-refractivity contribution in [2.45, 2.75) is 4.34 Å². The molecule has 8 heteroatoms. The molecule has 1 aromatic carbocycles. The molecule has 0 aliphatic heterocycles. The number of halogens is 1. The van der Waals surface area contributed by atoms with Gasteiger partial charge in [0.1, 0.15) is 5.82 Å². The van der Waals surface area contributed by atoms with Gasteiger partial charge in [0.05, 0.1) is 11.4 Å². The summed E-state index contributed by atoms with van der Waals surface area (Å²) in [5.74, 6) is -0.136. The Kier molecular flexibility index (Phi) is 5.66. The van der Waals surface area contributed by atoms with E-state index in [1.807, 2.05) is 0 Å². The molecule has 2 rings (SSSR count). The molecule has 2 aromatic rings. The van der Waals surface area contributed by atoms with Crippen molar-refractivity contribution >= 4 is 41.2 Å². The highest BCUT2D eigenvalue weighted by molar-refractivity contribution is 8.01. The lowest BCUT2D eigenvalue weighted by molar-refractivity contribution is -0.118. The largest absolute Gasteiger partial charge is 0.352 e. The number of carbonyl (C=O) groups excluding carboxylic acids is 1. The fraction of sp³-hybridized carbons (Fsp3) is 0.154. The monoisotopic (exact) mass is 341 g/mol. The fourth-order valence-corrected chi connectivity index (χ4v) is 3.62. The Morgan fingerprint density at radius 3 is 2.90 bits per heavy atom. The lowest BCUT2D eigenvalue weighted by Crippen LogP contribution is -2.24. The van der Waals surface area contributed by atoms with Crippen molar-refractivity contribution < 1.29 is 9.18 Å². The maximum Gasteiger partial charge on any atom is 0.230 e. The van der Waals surface area contributed by atoms with Crippen LogP contribution in [0.25, 0.3) is 5.69 Å². The molecule has 0 radical (unpaired) electrons. The van der Waals surface area contributed by atoms with Crippen LogP contribution < -0.4 is 5.32 Å². The SMILES string of the molecule is C=CCNC(=O)CSc1nn(-c2ccc(F)cc2)c(=S)s1. The lowest BCUT2D eigenvalue weighted by Gasteiger charge is -2.00. The molecule has 0 aliphatic carbocycles. The average Bonchev–Trinajstić information content (AvgIpc) is 2.85. The molecule has 0 saturated carbocycles. The van der Waals surface area contributed by atoms with E-state index in [9.17, 15) is 9.18 Å². The molecule has 0 unspecified atom stereocenters. The highest BCUT2D eigenvalue weighted by Gasteiger charge is 2.09. The summed E-state index contributed by atoms with van der Waals surface area (Å²) in [6, 6.07) is 5.92. The molecule has 0 fully saturated rings. The van der Waals surface area contributed by atoms with Gasteiger partial charge in [-0.25, -0.2) is 9.07 Å². The Balaban J connectivity index is 2.05. The number of rotatable bonds is 6. The number of hydrogen-bond donors (Lipinski definition) is 1. The minimum Gasteiger partial charge on any atom is -0.352 e. The van der Waals surface area contributed by atoms with E-state index < -0.39 is 0 Å². The number of carbonyl (C=O) groups is 1. The molecule has 1 aromatic heterocycles. The maximum atomic E-state index is 12.9. The van der Waals surface area contributed by atoms with E-state index in [0.717, 1.165) is 0 Å². The van der Waals surface area contributed by atoms with E-state index >= 15 is 0 Å². The van der Waals surface area contributed by atoms with E-state index in [1.54, 1.807) is 22.9 Å². The first kappa shape index (κ1) is 15.9. The fourth-order valence-electron chi connectivity index (χ4n) is 1.43. The minimum atomic E-state index is -0.311. The molecular formula is C13H12FN3OS3. The van der Waals surface area contributed by atoms with E-state index in [4.69, 9.17) is 12.2 Å². The quantitative estimate of drug-likeness (QED) is 0.498. The van der Waals surface area contributed by atoms with Crippen LogP contribution in [-0.2, 0) is 4.79 Å². The van der Waals surface area contributed by atoms with Gasteiger partial charge in [-0.1, -0.05) is 29.2 Å². The van der Waals surface area contributed by atoms with Crippen molar-refractivity contribution in [2.24, 2.45) is 0 Å². The zero-order valence-corrected chi connectivity index (χ0v) is 13.4. The van der Waals surface area contributed by atoms with Crippen LogP contribution in [0.3, 0.4) is 0 Å². The Hall–Kier alpha value is -1.51. The summed E-state index contributed by atoms with van der Waals surface area (Å²) < 4.78 is 15.7. The van der Waals surface area contributed by atoms with Crippen LogP contribution in [0.1, 0.15) is 0 Å². The normalized spacial score (nSPS) is 10.3. The van der Waals surface area contributed by atoms with Gasteiger partial charge in [-0.15, -0.1) is 11.7 Å². The van der Waals surface area contributed by atoms with Crippen LogP contribution in [0, 0.1) is 9.77 Å². The maximum absolute atomic E-state index is 12.9. The molecule has 0 bridgehead atoms. The molecule has 0 saturated heterocycles. The van der Waals surface area contributed by atoms with Crippen LogP contribution in [0.15, 0.2) is 41.3 Å². The number of benzene rings is 1. The highest BCUT2D eigenvalue weighted by atomic mass is 32.2. The molecule has 110 valence electrons. The summed E-state index contributed by atoms with van der Waals surface area (Å²) >= 11 is 7.86. The zero-order chi connectivity index (χ0) is 15.2. The summed E-state index contributed by atoms with van der Waals surface area (Å²) in [6.07, 6.45) is 1.62. The summed E-state index contributed by atoms with van der Waals surface area (Å²) in [5.41, 5.74) is 0.695. The molecule has 4 nitrogen and oxygen atoms in total. The summed E-state index contributed by atoms with van der Waals surface area (Å²) in [7, 11) is 0. The van der Waals surface area contributed by atoms with Gasteiger partial charge in [-0.2, -0.15) is 0 Å². The van der Waals surface area contributed by atoms with Gasteiger partial charge in [0.2, 0.25) is 5.91 Å². The molecular weight excluding hydrogens is 329 g/mol. The van der Waals surface area contributed by atoms with Crippen molar-refractivity contribution in [1.82, 2.24) is 15.1 Å². The molecule has 1 amide bonds. The molecule has 1 N–H and O–H groups in total. The van der Waals surface area contributed by atoms with E-state index in [-0.39, 0.29) is 17.5 Å². The second kappa shape index (κ2) is 7.48. The van der Waals surface area contributed by atoms with Gasteiger partial charge in [0.15, 0.2) is 8.29 Å². The van der Waals surface area contributed by atoms with Crippen molar-refractivity contribution in [3.63, 3.8) is 0 Å². The summed E-state index contributed by atoms with van der Waals surface area (Å²) in [4.78, 5) is 11.5. The third-order valence-corrected chi connectivity index (χ3v) is 4.74. The molecule has 0 atom stereocenters. The first-order valence-electron chi connectivity index (χ1n) is 5.96. The van der Waals surface area contributed by atoms with Crippen LogP contribution in [0.4, 0.5) is 4.39 Å². The van der Waals surface area contributed by atoms with Gasteiger partial charge in [-0.3, -0.25) is 4.79 Å². The third-order valence-electron chi connectivity index (χ3n) is 2.37. The van der Waals surface area contributed by atoms with Gasteiger partial charge >= 0.3 is 0 Å². The number of thioether (sulfide) groups is 1. The number of aromatic nitrogens is 2. The van der Waals surface area contributed by atoms with E-state index in [0.29, 0.717) is 20.5 Å².